The van der Waals surface area contributed by atoms with Crippen molar-refractivity contribution in [2.45, 2.75) is 25.4 Å². The maximum Gasteiger partial charge on any atom is 0.0714 e. The van der Waals surface area contributed by atoms with Crippen molar-refractivity contribution in [3.05, 3.63) is 35.9 Å². The third-order valence-corrected chi connectivity index (χ3v) is 4.75. The Kier molecular flexibility index (Phi) is 5.47. The summed E-state index contributed by atoms with van der Waals surface area (Å²) in [6.45, 7) is 5.46. The van der Waals surface area contributed by atoms with Crippen LogP contribution in [-0.2, 0) is 15.9 Å². The molecule has 4 nitrogen and oxygen atoms in total. The quantitative estimate of drug-likeness (QED) is 0.743. The van der Waals surface area contributed by atoms with Gasteiger partial charge in [0.05, 0.1) is 31.3 Å². The molecule has 2 saturated heterocycles. The first-order valence-corrected chi connectivity index (χ1v) is 8.36. The second-order valence-electron chi connectivity index (χ2n) is 6.76. The van der Waals surface area contributed by atoms with Crippen LogP contribution in [0, 0.1) is 5.41 Å². The van der Waals surface area contributed by atoms with E-state index < -0.39 is 0 Å². The predicted molar refractivity (Wildman–Crippen MR) is 85.9 cm³/mol. The molecular formula is C18H27NO3. The summed E-state index contributed by atoms with van der Waals surface area (Å²) >= 11 is 0. The molecule has 2 heterocycles. The van der Waals surface area contributed by atoms with Crippen molar-refractivity contribution in [2.75, 3.05) is 46.1 Å². The van der Waals surface area contributed by atoms with Crippen molar-refractivity contribution in [1.82, 2.24) is 4.90 Å². The Morgan fingerprint density at radius 2 is 2.09 bits per heavy atom. The number of nitrogens with zero attached hydrogens (tertiary/aromatic N) is 1. The van der Waals surface area contributed by atoms with Crippen LogP contribution in [-0.4, -0.2) is 62.2 Å². The van der Waals surface area contributed by atoms with Gasteiger partial charge in [0.2, 0.25) is 0 Å². The van der Waals surface area contributed by atoms with E-state index in [1.165, 1.54) is 5.56 Å². The summed E-state index contributed by atoms with van der Waals surface area (Å²) in [6, 6.07) is 10.6. The smallest absolute Gasteiger partial charge is 0.0714 e. The third-order valence-electron chi connectivity index (χ3n) is 4.75. The fourth-order valence-corrected chi connectivity index (χ4v) is 3.35. The van der Waals surface area contributed by atoms with Crippen LogP contribution in [0.3, 0.4) is 0 Å². The van der Waals surface area contributed by atoms with Crippen molar-refractivity contribution in [2.24, 2.45) is 5.41 Å². The Balaban J connectivity index is 1.31. The van der Waals surface area contributed by atoms with Crippen molar-refractivity contribution >= 4 is 0 Å². The summed E-state index contributed by atoms with van der Waals surface area (Å²) in [5.41, 5.74) is 1.37. The van der Waals surface area contributed by atoms with E-state index in [-0.39, 0.29) is 12.0 Å². The molecule has 22 heavy (non-hydrogen) atoms. The Morgan fingerprint density at radius 1 is 1.27 bits per heavy atom. The Morgan fingerprint density at radius 3 is 2.77 bits per heavy atom. The van der Waals surface area contributed by atoms with Crippen LogP contribution in [0.4, 0.5) is 0 Å². The van der Waals surface area contributed by atoms with Gasteiger partial charge in [-0.15, -0.1) is 0 Å². The van der Waals surface area contributed by atoms with Gasteiger partial charge in [-0.05, 0) is 24.8 Å². The Bertz CT molecular complexity index is 441. The molecule has 0 aliphatic carbocycles. The first-order valence-electron chi connectivity index (χ1n) is 8.36. The maximum atomic E-state index is 9.51. The van der Waals surface area contributed by atoms with E-state index in [1.807, 2.05) is 0 Å². The summed E-state index contributed by atoms with van der Waals surface area (Å²) in [7, 11) is 0. The molecule has 2 aliphatic rings. The average molecular weight is 305 g/mol. The lowest BCUT2D eigenvalue weighted by Gasteiger charge is -2.42. The number of aliphatic hydroxyl groups is 1. The lowest BCUT2D eigenvalue weighted by molar-refractivity contribution is -0.147. The summed E-state index contributed by atoms with van der Waals surface area (Å²) in [5.74, 6) is 0. The highest BCUT2D eigenvalue weighted by Crippen LogP contribution is 2.29. The van der Waals surface area contributed by atoms with Gasteiger partial charge in [-0.25, -0.2) is 0 Å². The van der Waals surface area contributed by atoms with Crippen LogP contribution in [0.2, 0.25) is 0 Å². The molecule has 2 aliphatic heterocycles. The molecule has 4 heteroatoms. The van der Waals surface area contributed by atoms with Crippen molar-refractivity contribution < 1.29 is 14.6 Å². The van der Waals surface area contributed by atoms with E-state index in [0.717, 1.165) is 45.5 Å². The first-order chi connectivity index (χ1) is 10.8. The molecule has 0 bridgehead atoms. The van der Waals surface area contributed by atoms with Gasteiger partial charge in [-0.2, -0.15) is 0 Å². The standard InChI is InChI=1S/C18H27NO3/c20-13-18(14-21-15-18)12-19-9-8-17(11-19)22-10-4-7-16-5-2-1-3-6-16/h1-3,5-6,17,20H,4,7-15H2. The molecule has 0 aromatic heterocycles. The van der Waals surface area contributed by atoms with Gasteiger partial charge in [0.25, 0.3) is 0 Å². The molecule has 3 rings (SSSR count). The largest absolute Gasteiger partial charge is 0.396 e. The molecule has 1 aromatic carbocycles. The van der Waals surface area contributed by atoms with E-state index >= 15 is 0 Å². The number of rotatable bonds is 8. The van der Waals surface area contributed by atoms with Crippen LogP contribution in [0.5, 0.6) is 0 Å². The van der Waals surface area contributed by atoms with Crippen molar-refractivity contribution in [3.63, 3.8) is 0 Å². The Labute approximate surface area is 133 Å². The second kappa shape index (κ2) is 7.55. The zero-order chi connectivity index (χ0) is 15.3. The van der Waals surface area contributed by atoms with E-state index in [0.29, 0.717) is 19.3 Å². The molecule has 0 spiro atoms. The van der Waals surface area contributed by atoms with Gasteiger partial charge in [0.1, 0.15) is 0 Å². The molecule has 0 amide bonds. The number of aliphatic hydroxyl groups excluding tert-OH is 1. The molecule has 0 saturated carbocycles. The summed E-state index contributed by atoms with van der Waals surface area (Å²) < 4.78 is 11.3. The van der Waals surface area contributed by atoms with Crippen molar-refractivity contribution in [1.29, 1.82) is 0 Å². The van der Waals surface area contributed by atoms with E-state index in [9.17, 15) is 5.11 Å². The lowest BCUT2D eigenvalue weighted by Crippen LogP contribution is -2.53. The minimum Gasteiger partial charge on any atom is -0.396 e. The molecule has 0 radical (unpaired) electrons. The number of likely N-dealkylation sites (tertiary alicyclic amines) is 1. The van der Waals surface area contributed by atoms with Crippen LogP contribution >= 0.6 is 0 Å². The minimum absolute atomic E-state index is 0.0117. The normalized spacial score (nSPS) is 24.3. The summed E-state index contributed by atoms with van der Waals surface area (Å²) in [5, 5.41) is 9.51. The van der Waals surface area contributed by atoms with E-state index in [1.54, 1.807) is 0 Å². The molecule has 1 aromatic rings. The highest BCUT2D eigenvalue weighted by Gasteiger charge is 2.41. The topological polar surface area (TPSA) is 41.9 Å². The van der Waals surface area contributed by atoms with Gasteiger partial charge >= 0.3 is 0 Å². The number of aryl methyl sites for hydroxylation is 1. The average Bonchev–Trinajstić information content (AvgIpc) is 2.96. The summed E-state index contributed by atoms with van der Waals surface area (Å²) in [4.78, 5) is 2.42. The second-order valence-corrected chi connectivity index (χ2v) is 6.76. The van der Waals surface area contributed by atoms with Crippen molar-refractivity contribution in [3.8, 4) is 0 Å². The zero-order valence-electron chi connectivity index (χ0n) is 13.2. The van der Waals surface area contributed by atoms with Gasteiger partial charge in [0.15, 0.2) is 0 Å². The van der Waals surface area contributed by atoms with Crippen LogP contribution in [0.1, 0.15) is 18.4 Å². The molecule has 122 valence electrons. The van der Waals surface area contributed by atoms with Crippen LogP contribution in [0.15, 0.2) is 30.3 Å². The van der Waals surface area contributed by atoms with E-state index in [2.05, 4.69) is 35.2 Å². The lowest BCUT2D eigenvalue weighted by atomic mass is 9.86. The first kappa shape index (κ1) is 15.9. The molecule has 1 atom stereocenters. The van der Waals surface area contributed by atoms with Gasteiger partial charge in [0, 0.05) is 26.2 Å². The minimum atomic E-state index is -0.0117. The number of hydrogen-bond acceptors (Lipinski definition) is 4. The fraction of sp³-hybridized carbons (Fsp3) is 0.667. The monoisotopic (exact) mass is 305 g/mol. The SMILES string of the molecule is OCC1(CN2CCC(OCCCc3ccccc3)C2)COC1. The summed E-state index contributed by atoms with van der Waals surface area (Å²) in [6.07, 6.45) is 3.62. The maximum absolute atomic E-state index is 9.51. The number of ether oxygens (including phenoxy) is 2. The fourth-order valence-electron chi connectivity index (χ4n) is 3.35. The van der Waals surface area contributed by atoms with Gasteiger partial charge < -0.3 is 14.6 Å². The molecular weight excluding hydrogens is 278 g/mol. The molecule has 1 unspecified atom stereocenters. The molecule has 2 fully saturated rings. The predicted octanol–water partition coefficient (Wildman–Crippen LogP) is 1.72. The van der Waals surface area contributed by atoms with Crippen LogP contribution < -0.4 is 0 Å². The van der Waals surface area contributed by atoms with Crippen LogP contribution in [0.25, 0.3) is 0 Å². The van der Waals surface area contributed by atoms with E-state index in [4.69, 9.17) is 9.47 Å². The third kappa shape index (κ3) is 4.07. The number of benzene rings is 1. The highest BCUT2D eigenvalue weighted by molar-refractivity contribution is 5.14. The van der Waals surface area contributed by atoms with Gasteiger partial charge in [-0.3, -0.25) is 4.90 Å². The Hall–Kier alpha value is -0.940. The zero-order valence-corrected chi connectivity index (χ0v) is 13.2. The van der Waals surface area contributed by atoms with Gasteiger partial charge in [-0.1, -0.05) is 30.3 Å². The highest BCUT2D eigenvalue weighted by atomic mass is 16.5. The number of hydrogen-bond donors (Lipinski definition) is 1. The molecule has 1 N–H and O–H groups in total.